The van der Waals surface area contributed by atoms with E-state index in [2.05, 4.69) is 10.6 Å². The molecule has 0 saturated heterocycles. The summed E-state index contributed by atoms with van der Waals surface area (Å²) in [4.78, 5) is 39.2. The third kappa shape index (κ3) is 4.73. The fraction of sp³-hybridized carbons (Fsp3) is 0.0417. The lowest BCUT2D eigenvalue weighted by molar-refractivity contribution is -0.120. The number of amides is 3. The van der Waals surface area contributed by atoms with Gasteiger partial charge in [-0.1, -0.05) is 53.0 Å². The predicted octanol–water partition coefficient (Wildman–Crippen LogP) is 5.99. The normalized spacial score (nSPS) is 13.5. The van der Waals surface area contributed by atoms with Gasteiger partial charge in [0.2, 0.25) is 0 Å². The maximum Gasteiger partial charge on any atom is 0.283 e. The van der Waals surface area contributed by atoms with Crippen LogP contribution < -0.4 is 15.5 Å². The van der Waals surface area contributed by atoms with Gasteiger partial charge in [0.25, 0.3) is 17.7 Å². The number of imide groups is 1. The summed E-state index contributed by atoms with van der Waals surface area (Å²) in [6, 6.07) is 18.1. The molecule has 0 radical (unpaired) electrons. The molecule has 0 unspecified atom stereocenters. The predicted molar refractivity (Wildman–Crippen MR) is 131 cm³/mol. The Labute approximate surface area is 204 Å². The van der Waals surface area contributed by atoms with Gasteiger partial charge >= 0.3 is 0 Å². The number of rotatable bonds is 5. The molecule has 9 heteroatoms. The first-order valence-electron chi connectivity index (χ1n) is 9.73. The van der Waals surface area contributed by atoms with E-state index < -0.39 is 11.8 Å². The Morgan fingerprint density at radius 1 is 0.848 bits per heavy atom. The zero-order chi connectivity index (χ0) is 23.7. The molecule has 0 atom stereocenters. The molecule has 0 aromatic heterocycles. The van der Waals surface area contributed by atoms with Crippen LogP contribution in [0.3, 0.4) is 0 Å². The Balaban J connectivity index is 1.55. The van der Waals surface area contributed by atoms with E-state index in [0.29, 0.717) is 32.7 Å². The minimum Gasteiger partial charge on any atom is -0.350 e. The summed E-state index contributed by atoms with van der Waals surface area (Å²) >= 11 is 18.3. The highest BCUT2D eigenvalue weighted by atomic mass is 35.5. The Bertz CT molecular complexity index is 1340. The fourth-order valence-corrected chi connectivity index (χ4v) is 3.80. The van der Waals surface area contributed by atoms with Crippen molar-refractivity contribution in [2.24, 2.45) is 0 Å². The fourth-order valence-electron chi connectivity index (χ4n) is 3.22. The molecule has 3 aromatic rings. The molecule has 3 aromatic carbocycles. The van der Waals surface area contributed by atoms with Crippen LogP contribution in [-0.2, 0) is 9.59 Å². The number of hydrogen-bond donors (Lipinski definition) is 2. The highest BCUT2D eigenvalue weighted by Crippen LogP contribution is 2.32. The van der Waals surface area contributed by atoms with Gasteiger partial charge in [0.05, 0.1) is 5.69 Å². The van der Waals surface area contributed by atoms with Crippen molar-refractivity contribution < 1.29 is 14.4 Å². The van der Waals surface area contributed by atoms with E-state index in [-0.39, 0.29) is 16.6 Å². The lowest BCUT2D eigenvalue weighted by Crippen LogP contribution is -2.32. The molecule has 33 heavy (non-hydrogen) atoms. The smallest absolute Gasteiger partial charge is 0.283 e. The molecule has 1 aliphatic rings. The van der Waals surface area contributed by atoms with Gasteiger partial charge in [0.1, 0.15) is 10.7 Å². The second kappa shape index (κ2) is 9.27. The lowest BCUT2D eigenvalue weighted by Gasteiger charge is -2.16. The zero-order valence-electron chi connectivity index (χ0n) is 17.2. The van der Waals surface area contributed by atoms with Crippen LogP contribution in [0.25, 0.3) is 0 Å². The maximum absolute atomic E-state index is 13.0. The number of nitrogens with zero attached hydrogens (tertiary/aromatic N) is 1. The number of nitrogens with one attached hydrogen (secondary N) is 2. The van der Waals surface area contributed by atoms with Gasteiger partial charge < -0.3 is 10.6 Å². The first-order chi connectivity index (χ1) is 15.7. The third-order valence-corrected chi connectivity index (χ3v) is 5.91. The Kier molecular flexibility index (Phi) is 6.42. The molecular formula is C24H16Cl3N3O3. The van der Waals surface area contributed by atoms with Crippen LogP contribution in [0.5, 0.6) is 0 Å². The van der Waals surface area contributed by atoms with E-state index in [4.69, 9.17) is 34.8 Å². The molecule has 0 bridgehead atoms. The summed E-state index contributed by atoms with van der Waals surface area (Å²) in [5, 5.41) is 6.27. The number of aryl methyl sites for hydroxylation is 1. The van der Waals surface area contributed by atoms with Crippen molar-refractivity contribution in [1.82, 2.24) is 0 Å². The molecule has 0 saturated carbocycles. The average molecular weight is 501 g/mol. The lowest BCUT2D eigenvalue weighted by atomic mass is 10.1. The quantitative estimate of drug-likeness (QED) is 0.422. The standard InChI is InChI=1S/C24H16Cl3N3O3/c1-13-8-9-18(12-19(13)26)30-23(32)20(27)21(24(30)33)28-16-6-2-4-14(10-16)22(31)29-17-7-3-5-15(25)11-17/h2-12,28H,1H3,(H,29,31). The number of halogens is 3. The second-order valence-corrected chi connectivity index (χ2v) is 8.46. The van der Waals surface area contributed by atoms with E-state index in [9.17, 15) is 14.4 Å². The number of carbonyl (C=O) groups is 3. The van der Waals surface area contributed by atoms with Crippen molar-refractivity contribution in [3.8, 4) is 0 Å². The summed E-state index contributed by atoms with van der Waals surface area (Å²) in [6.07, 6.45) is 0. The minimum absolute atomic E-state index is 0.0919. The van der Waals surface area contributed by atoms with Crippen LogP contribution in [-0.4, -0.2) is 17.7 Å². The van der Waals surface area contributed by atoms with E-state index in [0.717, 1.165) is 10.5 Å². The first-order valence-corrected chi connectivity index (χ1v) is 10.9. The van der Waals surface area contributed by atoms with Crippen molar-refractivity contribution >= 4 is 69.6 Å². The van der Waals surface area contributed by atoms with E-state index >= 15 is 0 Å². The molecule has 1 aliphatic heterocycles. The molecule has 0 aliphatic carbocycles. The Morgan fingerprint density at radius 3 is 2.30 bits per heavy atom. The number of benzene rings is 3. The van der Waals surface area contributed by atoms with E-state index in [1.54, 1.807) is 60.7 Å². The van der Waals surface area contributed by atoms with Crippen LogP contribution >= 0.6 is 34.8 Å². The highest BCUT2D eigenvalue weighted by Gasteiger charge is 2.39. The summed E-state index contributed by atoms with van der Waals surface area (Å²) in [6.45, 7) is 1.81. The molecule has 3 amide bonds. The topological polar surface area (TPSA) is 78.5 Å². The molecule has 2 N–H and O–H groups in total. The number of carbonyl (C=O) groups excluding carboxylic acids is 3. The van der Waals surface area contributed by atoms with Crippen LogP contribution in [0.2, 0.25) is 10.0 Å². The molecule has 0 spiro atoms. The average Bonchev–Trinajstić information content (AvgIpc) is 2.99. The molecule has 1 heterocycles. The van der Waals surface area contributed by atoms with E-state index in [1.165, 1.54) is 6.07 Å². The Morgan fingerprint density at radius 2 is 1.58 bits per heavy atom. The van der Waals surface area contributed by atoms with Crippen LogP contribution in [0, 0.1) is 6.92 Å². The van der Waals surface area contributed by atoms with Gasteiger partial charge in [-0.3, -0.25) is 14.4 Å². The van der Waals surface area contributed by atoms with Gasteiger partial charge in [-0.2, -0.15) is 0 Å². The monoisotopic (exact) mass is 499 g/mol. The first kappa shape index (κ1) is 22.9. The summed E-state index contributed by atoms with van der Waals surface area (Å²) in [7, 11) is 0. The summed E-state index contributed by atoms with van der Waals surface area (Å²) < 4.78 is 0. The van der Waals surface area contributed by atoms with Crippen molar-refractivity contribution in [2.45, 2.75) is 6.92 Å². The highest BCUT2D eigenvalue weighted by molar-refractivity contribution is 6.53. The molecule has 166 valence electrons. The summed E-state index contributed by atoms with van der Waals surface area (Å²) in [5.41, 5.74) is 2.31. The summed E-state index contributed by atoms with van der Waals surface area (Å²) in [5.74, 6) is -1.66. The van der Waals surface area contributed by atoms with Crippen LogP contribution in [0.15, 0.2) is 77.5 Å². The van der Waals surface area contributed by atoms with Gasteiger partial charge in [-0.25, -0.2) is 4.90 Å². The largest absolute Gasteiger partial charge is 0.350 e. The van der Waals surface area contributed by atoms with Crippen molar-refractivity contribution in [1.29, 1.82) is 0 Å². The van der Waals surface area contributed by atoms with Gasteiger partial charge in [-0.15, -0.1) is 0 Å². The Hall–Kier alpha value is -3.32. The van der Waals surface area contributed by atoms with Gasteiger partial charge in [0, 0.05) is 27.0 Å². The third-order valence-electron chi connectivity index (χ3n) is 4.92. The maximum atomic E-state index is 13.0. The van der Waals surface area contributed by atoms with Crippen molar-refractivity contribution in [2.75, 3.05) is 15.5 Å². The molecule has 0 fully saturated rings. The van der Waals surface area contributed by atoms with Crippen molar-refractivity contribution in [3.05, 3.63) is 98.6 Å². The second-order valence-electron chi connectivity index (χ2n) is 7.24. The van der Waals surface area contributed by atoms with E-state index in [1.807, 2.05) is 6.92 Å². The number of anilines is 3. The van der Waals surface area contributed by atoms with Crippen LogP contribution in [0.1, 0.15) is 15.9 Å². The molecular weight excluding hydrogens is 485 g/mol. The molecule has 6 nitrogen and oxygen atoms in total. The molecule has 4 rings (SSSR count). The van der Waals surface area contributed by atoms with Gasteiger partial charge in [-0.05, 0) is 61.0 Å². The zero-order valence-corrected chi connectivity index (χ0v) is 19.4. The SMILES string of the molecule is Cc1ccc(N2C(=O)C(Cl)=C(Nc3cccc(C(=O)Nc4cccc(Cl)c4)c3)C2=O)cc1Cl. The minimum atomic E-state index is -0.668. The van der Waals surface area contributed by atoms with Gasteiger partial charge in [0.15, 0.2) is 0 Å². The van der Waals surface area contributed by atoms with Crippen LogP contribution in [0.4, 0.5) is 17.1 Å². The number of hydrogen-bond acceptors (Lipinski definition) is 4. The van der Waals surface area contributed by atoms with Crippen molar-refractivity contribution in [3.63, 3.8) is 0 Å².